The molecule has 2 heterocycles. The molecule has 8 heteroatoms. The van der Waals surface area contributed by atoms with Gasteiger partial charge in [0.15, 0.2) is 5.58 Å². The van der Waals surface area contributed by atoms with E-state index in [-0.39, 0.29) is 23.8 Å². The molecule has 2 amide bonds. The number of fused-ring (bicyclic) bond motifs is 1. The summed E-state index contributed by atoms with van der Waals surface area (Å²) in [7, 11) is 1.82. The number of carbonyl (C=O) groups excluding carboxylic acids is 2. The highest BCUT2D eigenvalue weighted by molar-refractivity contribution is 6.31. The fourth-order valence-electron chi connectivity index (χ4n) is 4.57. The summed E-state index contributed by atoms with van der Waals surface area (Å²) in [5.74, 6) is 0.262. The van der Waals surface area contributed by atoms with Gasteiger partial charge in [0.05, 0.1) is 5.92 Å². The van der Waals surface area contributed by atoms with Gasteiger partial charge in [-0.2, -0.15) is 4.79 Å². The van der Waals surface area contributed by atoms with Gasteiger partial charge in [-0.15, -0.1) is 0 Å². The van der Waals surface area contributed by atoms with Crippen molar-refractivity contribution in [3.05, 3.63) is 57.9 Å². The van der Waals surface area contributed by atoms with Crippen molar-refractivity contribution in [1.82, 2.24) is 9.88 Å². The van der Waals surface area contributed by atoms with Crippen molar-refractivity contribution in [2.45, 2.75) is 44.2 Å². The number of benzene rings is 2. The summed E-state index contributed by atoms with van der Waals surface area (Å²) in [5.41, 5.74) is 2.73. The molecule has 2 aliphatic rings. The zero-order valence-corrected chi connectivity index (χ0v) is 19.6. The van der Waals surface area contributed by atoms with Gasteiger partial charge in [0.1, 0.15) is 5.52 Å². The maximum Gasteiger partial charge on any atom is 0.543 e. The van der Waals surface area contributed by atoms with Crippen LogP contribution in [-0.2, 0) is 9.53 Å². The standard InChI is InChI=1S/C26H25ClN3O4/c1-30(20-10-4-16(13-20)15-28-24(31)23-3-2-12-33-23)26(32)18-7-5-17(6-8-18)25-29-21-14-19(27)9-11-22(21)34-25/h5-9,11,14,16,20,23H,2-4,10,12-13H2,1H3/q+1/t16?,20-,23?/m1/s1. The minimum Gasteiger partial charge on any atom is -0.436 e. The van der Waals surface area contributed by atoms with Crippen LogP contribution in [0, 0.1) is 12.0 Å². The molecule has 34 heavy (non-hydrogen) atoms. The lowest BCUT2D eigenvalue weighted by molar-refractivity contribution is -0.123. The van der Waals surface area contributed by atoms with Crippen LogP contribution in [0.25, 0.3) is 27.4 Å². The molecule has 0 bridgehead atoms. The SMILES string of the molecule is CN(C(=O)c1ccc(-c2nc3cc(Cl)ccc3o2)cc1)[C@@H]1CCC(C#[N+]C(=O)C2CCCO2)C1. The van der Waals surface area contributed by atoms with E-state index in [1.165, 1.54) is 0 Å². The molecular weight excluding hydrogens is 454 g/mol. The molecule has 1 aliphatic heterocycles. The molecule has 3 atom stereocenters. The quantitative estimate of drug-likeness (QED) is 0.500. The second-order valence-corrected chi connectivity index (χ2v) is 9.31. The molecule has 0 radical (unpaired) electrons. The highest BCUT2D eigenvalue weighted by Crippen LogP contribution is 2.30. The van der Waals surface area contributed by atoms with Crippen molar-refractivity contribution >= 4 is 34.5 Å². The van der Waals surface area contributed by atoms with Gasteiger partial charge >= 0.3 is 5.91 Å². The van der Waals surface area contributed by atoms with Crippen molar-refractivity contribution in [3.8, 4) is 17.5 Å². The Morgan fingerprint density at radius 2 is 1.97 bits per heavy atom. The van der Waals surface area contributed by atoms with Crippen LogP contribution < -0.4 is 0 Å². The van der Waals surface area contributed by atoms with Gasteiger partial charge < -0.3 is 14.1 Å². The first kappa shape index (κ1) is 22.6. The maximum absolute atomic E-state index is 13.1. The minimum atomic E-state index is -0.413. The number of carbonyl (C=O) groups is 2. The highest BCUT2D eigenvalue weighted by Gasteiger charge is 2.35. The number of amides is 2. The average Bonchev–Trinajstić information content (AvgIpc) is 3.62. The summed E-state index contributed by atoms with van der Waals surface area (Å²) < 4.78 is 11.2. The lowest BCUT2D eigenvalue weighted by Crippen LogP contribution is -2.35. The third-order valence-corrected chi connectivity index (χ3v) is 6.80. The molecule has 7 nitrogen and oxygen atoms in total. The molecule has 1 saturated heterocycles. The molecule has 2 fully saturated rings. The Balaban J connectivity index is 1.21. The number of nitrogens with zero attached hydrogens (tertiary/aromatic N) is 3. The van der Waals surface area contributed by atoms with Gasteiger partial charge in [-0.05, 0) is 74.6 Å². The van der Waals surface area contributed by atoms with Crippen molar-refractivity contribution in [2.24, 2.45) is 5.92 Å². The van der Waals surface area contributed by atoms with Gasteiger partial charge in [0.25, 0.3) is 12.0 Å². The first-order chi connectivity index (χ1) is 16.5. The minimum absolute atomic E-state index is 0.0473. The Hall–Kier alpha value is -3.21. The van der Waals surface area contributed by atoms with Crippen molar-refractivity contribution in [1.29, 1.82) is 0 Å². The molecule has 3 aromatic rings. The lowest BCUT2D eigenvalue weighted by atomic mass is 10.1. The zero-order chi connectivity index (χ0) is 23.7. The van der Waals surface area contributed by atoms with Gasteiger partial charge in [0.2, 0.25) is 12.0 Å². The number of aromatic nitrogens is 1. The molecule has 2 aromatic carbocycles. The van der Waals surface area contributed by atoms with Gasteiger partial charge in [-0.25, -0.2) is 4.98 Å². The molecule has 0 N–H and O–H groups in total. The molecule has 0 spiro atoms. The van der Waals surface area contributed by atoms with Crippen LogP contribution in [0.1, 0.15) is 42.5 Å². The van der Waals surface area contributed by atoms with E-state index in [0.29, 0.717) is 34.2 Å². The molecule has 174 valence electrons. The first-order valence-electron chi connectivity index (χ1n) is 11.5. The predicted molar refractivity (Wildman–Crippen MR) is 129 cm³/mol. The summed E-state index contributed by atoms with van der Waals surface area (Å²) in [6.07, 6.45) is 3.67. The van der Waals surface area contributed by atoms with E-state index in [0.717, 1.165) is 37.7 Å². The Bertz CT molecular complexity index is 1280. The Kier molecular flexibility index (Phi) is 6.36. The predicted octanol–water partition coefficient (Wildman–Crippen LogP) is 5.43. The molecule has 1 aliphatic carbocycles. The number of hydrogen-bond acceptors (Lipinski definition) is 5. The van der Waals surface area contributed by atoms with Crippen LogP contribution in [0.2, 0.25) is 5.02 Å². The molecule has 5 rings (SSSR count). The Morgan fingerprint density at radius 3 is 2.74 bits per heavy atom. The van der Waals surface area contributed by atoms with E-state index in [1.807, 2.05) is 19.2 Å². The fraction of sp³-hybridized carbons (Fsp3) is 0.385. The van der Waals surface area contributed by atoms with Crippen LogP contribution in [0.5, 0.6) is 0 Å². The summed E-state index contributed by atoms with van der Waals surface area (Å²) in [6, 6.07) is 15.6. The van der Waals surface area contributed by atoms with Crippen LogP contribution in [0.3, 0.4) is 0 Å². The maximum atomic E-state index is 13.1. The second kappa shape index (κ2) is 9.57. The zero-order valence-electron chi connectivity index (χ0n) is 18.9. The third kappa shape index (κ3) is 4.70. The van der Waals surface area contributed by atoms with E-state index in [1.54, 1.807) is 35.2 Å². The summed E-state index contributed by atoms with van der Waals surface area (Å²) in [6.45, 7) is 0.620. The third-order valence-electron chi connectivity index (χ3n) is 6.56. The first-order valence-corrected chi connectivity index (χ1v) is 11.9. The number of hydrogen-bond donors (Lipinski definition) is 0. The van der Waals surface area contributed by atoms with Crippen LogP contribution in [0.4, 0.5) is 0 Å². The summed E-state index contributed by atoms with van der Waals surface area (Å²) in [4.78, 5) is 35.4. The monoisotopic (exact) mass is 478 g/mol. The molecule has 1 saturated carbocycles. The van der Waals surface area contributed by atoms with Gasteiger partial charge in [-0.3, -0.25) is 4.79 Å². The molecule has 2 unspecified atom stereocenters. The number of halogens is 1. The normalized spacial score (nSPS) is 21.9. The highest BCUT2D eigenvalue weighted by atomic mass is 35.5. The topological polar surface area (TPSA) is 77.0 Å². The lowest BCUT2D eigenvalue weighted by Gasteiger charge is -2.24. The van der Waals surface area contributed by atoms with Gasteiger partial charge in [-0.1, -0.05) is 11.6 Å². The summed E-state index contributed by atoms with van der Waals surface area (Å²) in [5, 5.41) is 0.601. The van der Waals surface area contributed by atoms with Crippen LogP contribution in [-0.4, -0.2) is 47.5 Å². The summed E-state index contributed by atoms with van der Waals surface area (Å²) >= 11 is 6.03. The Labute approximate surface area is 202 Å². The second-order valence-electron chi connectivity index (χ2n) is 8.87. The van der Waals surface area contributed by atoms with Gasteiger partial charge in [0, 0.05) is 40.7 Å². The number of oxazole rings is 1. The molecule has 1 aromatic heterocycles. The van der Waals surface area contributed by atoms with Crippen LogP contribution >= 0.6 is 11.6 Å². The van der Waals surface area contributed by atoms with E-state index >= 15 is 0 Å². The van der Waals surface area contributed by atoms with Crippen molar-refractivity contribution in [3.63, 3.8) is 0 Å². The van der Waals surface area contributed by atoms with E-state index < -0.39 is 6.10 Å². The van der Waals surface area contributed by atoms with E-state index in [2.05, 4.69) is 15.9 Å². The fourth-order valence-corrected chi connectivity index (χ4v) is 4.74. The smallest absolute Gasteiger partial charge is 0.436 e. The van der Waals surface area contributed by atoms with E-state index in [4.69, 9.17) is 20.8 Å². The Morgan fingerprint density at radius 1 is 1.15 bits per heavy atom. The number of ether oxygens (including phenoxy) is 1. The average molecular weight is 479 g/mol. The van der Waals surface area contributed by atoms with Crippen molar-refractivity contribution < 1.29 is 18.7 Å². The van der Waals surface area contributed by atoms with Crippen LogP contribution in [0.15, 0.2) is 46.9 Å². The van der Waals surface area contributed by atoms with Crippen molar-refractivity contribution in [2.75, 3.05) is 13.7 Å². The largest absolute Gasteiger partial charge is 0.543 e. The number of rotatable bonds is 4. The van der Waals surface area contributed by atoms with E-state index in [9.17, 15) is 9.59 Å². The molecular formula is C26H25ClN3O4+.